The highest BCUT2D eigenvalue weighted by Gasteiger charge is 2.06. The summed E-state index contributed by atoms with van der Waals surface area (Å²) in [6, 6.07) is 26.4. The lowest BCUT2D eigenvalue weighted by Gasteiger charge is -2.15. The van der Waals surface area contributed by atoms with E-state index in [-0.39, 0.29) is 0 Å². The Hall–Kier alpha value is -3.00. The maximum absolute atomic E-state index is 2.28. The van der Waals surface area contributed by atoms with E-state index < -0.39 is 0 Å². The quantitative estimate of drug-likeness (QED) is 0.342. The zero-order valence-electron chi connectivity index (χ0n) is 20.1. The van der Waals surface area contributed by atoms with Crippen LogP contribution in [0.25, 0.3) is 21.5 Å². The second-order valence-corrected chi connectivity index (χ2v) is 8.88. The lowest BCUT2D eigenvalue weighted by atomic mass is 9.96. The van der Waals surface area contributed by atoms with Gasteiger partial charge >= 0.3 is 0 Å². The Balaban J connectivity index is 0.000000176. The molecule has 2 heteroatoms. The van der Waals surface area contributed by atoms with Crippen LogP contribution in [-0.4, -0.2) is 28.2 Å². The number of hydrogen-bond acceptors (Lipinski definition) is 2. The van der Waals surface area contributed by atoms with Gasteiger partial charge < -0.3 is 9.80 Å². The predicted molar refractivity (Wildman–Crippen MR) is 140 cm³/mol. The zero-order valence-corrected chi connectivity index (χ0v) is 20.1. The molecule has 0 fully saturated rings. The van der Waals surface area contributed by atoms with Crippen LogP contribution < -0.4 is 9.80 Å². The summed E-state index contributed by atoms with van der Waals surface area (Å²) in [6.07, 6.45) is 1.10. The Morgan fingerprint density at radius 3 is 1.94 bits per heavy atom. The van der Waals surface area contributed by atoms with E-state index in [0.717, 1.165) is 6.42 Å². The van der Waals surface area contributed by atoms with Gasteiger partial charge in [0.15, 0.2) is 0 Å². The highest BCUT2D eigenvalue weighted by atomic mass is 15.1. The summed E-state index contributed by atoms with van der Waals surface area (Å²) in [5.74, 6) is 0.578. The standard InChI is InChI=1S/C15H19N.C14H17N/c1-11(2)14-7-5-6-12-10-13(16(3)4)8-9-15(12)14;1-4-11-8-9-13-12(10-11)6-5-7-14(13)15(2)3/h5-11H,1-4H3;5-10H,4H2,1-3H3. The number of rotatable bonds is 4. The minimum Gasteiger partial charge on any atom is -0.378 e. The van der Waals surface area contributed by atoms with Crippen LogP contribution in [0.3, 0.4) is 0 Å². The van der Waals surface area contributed by atoms with Crippen molar-refractivity contribution in [1.82, 2.24) is 0 Å². The van der Waals surface area contributed by atoms with Crippen LogP contribution >= 0.6 is 0 Å². The molecule has 31 heavy (non-hydrogen) atoms. The number of fused-ring (bicyclic) bond motifs is 2. The second kappa shape index (κ2) is 9.87. The molecule has 0 aliphatic heterocycles. The maximum atomic E-state index is 2.28. The molecule has 0 aliphatic rings. The summed E-state index contributed by atoms with van der Waals surface area (Å²) >= 11 is 0. The zero-order chi connectivity index (χ0) is 22.5. The molecule has 0 unspecified atom stereocenters. The van der Waals surface area contributed by atoms with Crippen LogP contribution in [0.5, 0.6) is 0 Å². The van der Waals surface area contributed by atoms with Gasteiger partial charge in [0.25, 0.3) is 0 Å². The van der Waals surface area contributed by atoms with Gasteiger partial charge in [0.1, 0.15) is 0 Å². The molecule has 0 saturated carbocycles. The molecule has 162 valence electrons. The average Bonchev–Trinajstić information content (AvgIpc) is 2.77. The molecule has 0 amide bonds. The fourth-order valence-electron chi connectivity index (χ4n) is 4.00. The molecule has 4 rings (SSSR count). The molecule has 0 bridgehead atoms. The Bertz CT molecular complexity index is 1160. The summed E-state index contributed by atoms with van der Waals surface area (Å²) in [6.45, 7) is 6.68. The normalized spacial score (nSPS) is 10.8. The van der Waals surface area contributed by atoms with Crippen LogP contribution in [0.2, 0.25) is 0 Å². The van der Waals surface area contributed by atoms with Crippen LogP contribution in [0.4, 0.5) is 11.4 Å². The van der Waals surface area contributed by atoms with Gasteiger partial charge in [-0.05, 0) is 57.8 Å². The Morgan fingerprint density at radius 2 is 1.32 bits per heavy atom. The first-order valence-corrected chi connectivity index (χ1v) is 11.2. The van der Waals surface area contributed by atoms with Crippen molar-refractivity contribution < 1.29 is 0 Å². The monoisotopic (exact) mass is 412 g/mol. The third-order valence-corrected chi connectivity index (χ3v) is 5.85. The Labute approximate surface area is 188 Å². The first-order valence-electron chi connectivity index (χ1n) is 11.2. The molecule has 0 N–H and O–H groups in total. The van der Waals surface area contributed by atoms with Gasteiger partial charge in [0.05, 0.1) is 0 Å². The first kappa shape index (κ1) is 22.7. The summed E-state index contributed by atoms with van der Waals surface area (Å²) in [4.78, 5) is 4.30. The lowest BCUT2D eigenvalue weighted by molar-refractivity contribution is 0.876. The average molecular weight is 413 g/mol. The van der Waals surface area contributed by atoms with Crippen molar-refractivity contribution in [3.05, 3.63) is 83.9 Å². The molecule has 4 aromatic rings. The third-order valence-electron chi connectivity index (χ3n) is 5.85. The van der Waals surface area contributed by atoms with E-state index in [0.29, 0.717) is 5.92 Å². The van der Waals surface area contributed by atoms with E-state index in [4.69, 9.17) is 0 Å². The maximum Gasteiger partial charge on any atom is 0.0440 e. The van der Waals surface area contributed by atoms with Crippen molar-refractivity contribution in [2.24, 2.45) is 0 Å². The minimum atomic E-state index is 0.578. The number of aryl methyl sites for hydroxylation is 1. The highest BCUT2D eigenvalue weighted by molar-refractivity contribution is 5.94. The van der Waals surface area contributed by atoms with Gasteiger partial charge in [-0.25, -0.2) is 0 Å². The molecule has 4 aromatic carbocycles. The molecule has 0 spiro atoms. The van der Waals surface area contributed by atoms with Gasteiger partial charge in [-0.15, -0.1) is 0 Å². The molecular weight excluding hydrogens is 376 g/mol. The lowest BCUT2D eigenvalue weighted by Crippen LogP contribution is -2.08. The second-order valence-electron chi connectivity index (χ2n) is 8.88. The topological polar surface area (TPSA) is 6.48 Å². The Morgan fingerprint density at radius 1 is 0.677 bits per heavy atom. The largest absolute Gasteiger partial charge is 0.378 e. The number of hydrogen-bond donors (Lipinski definition) is 0. The van der Waals surface area contributed by atoms with Crippen LogP contribution in [-0.2, 0) is 6.42 Å². The smallest absolute Gasteiger partial charge is 0.0440 e. The van der Waals surface area contributed by atoms with E-state index in [1.54, 1.807) is 0 Å². The summed E-state index contributed by atoms with van der Waals surface area (Å²) in [7, 11) is 8.33. The molecule has 0 aromatic heterocycles. The van der Waals surface area contributed by atoms with Crippen molar-refractivity contribution >= 4 is 32.9 Å². The van der Waals surface area contributed by atoms with Crippen molar-refractivity contribution in [1.29, 1.82) is 0 Å². The number of nitrogens with zero attached hydrogens (tertiary/aromatic N) is 2. The van der Waals surface area contributed by atoms with E-state index in [1.807, 2.05) is 0 Å². The SMILES string of the molecule is CC(C)c1cccc2cc(N(C)C)ccc12.CCc1ccc2c(N(C)C)cccc2c1. The summed E-state index contributed by atoms with van der Waals surface area (Å²) in [5.41, 5.74) is 5.38. The summed E-state index contributed by atoms with van der Waals surface area (Å²) < 4.78 is 0. The third kappa shape index (κ3) is 5.19. The van der Waals surface area contributed by atoms with Gasteiger partial charge in [0.2, 0.25) is 0 Å². The van der Waals surface area contributed by atoms with Crippen LogP contribution in [0, 0.1) is 0 Å². The molecule has 0 radical (unpaired) electrons. The van der Waals surface area contributed by atoms with Gasteiger partial charge in [0, 0.05) is 45.0 Å². The van der Waals surface area contributed by atoms with E-state index in [9.17, 15) is 0 Å². The van der Waals surface area contributed by atoms with E-state index in [2.05, 4.69) is 132 Å². The fourth-order valence-corrected chi connectivity index (χ4v) is 4.00. The van der Waals surface area contributed by atoms with Gasteiger partial charge in [-0.3, -0.25) is 0 Å². The molecule has 0 aliphatic carbocycles. The van der Waals surface area contributed by atoms with Crippen molar-refractivity contribution in [3.63, 3.8) is 0 Å². The van der Waals surface area contributed by atoms with Gasteiger partial charge in [-0.2, -0.15) is 0 Å². The van der Waals surface area contributed by atoms with Crippen LogP contribution in [0.1, 0.15) is 37.8 Å². The van der Waals surface area contributed by atoms with Gasteiger partial charge in [-0.1, -0.05) is 75.4 Å². The fraction of sp³-hybridized carbons (Fsp3) is 0.310. The molecule has 0 heterocycles. The Kier molecular flexibility index (Phi) is 7.22. The highest BCUT2D eigenvalue weighted by Crippen LogP contribution is 2.28. The molecule has 2 nitrogen and oxygen atoms in total. The van der Waals surface area contributed by atoms with Crippen molar-refractivity contribution in [2.75, 3.05) is 38.0 Å². The molecule has 0 atom stereocenters. The van der Waals surface area contributed by atoms with Crippen molar-refractivity contribution in [2.45, 2.75) is 33.1 Å². The number of benzene rings is 4. The minimum absolute atomic E-state index is 0.578. The predicted octanol–water partition coefficient (Wildman–Crippen LogP) is 7.50. The first-order chi connectivity index (χ1) is 14.8. The molecular formula is C29H36N2. The van der Waals surface area contributed by atoms with E-state index in [1.165, 1.54) is 44.0 Å². The number of anilines is 2. The van der Waals surface area contributed by atoms with Crippen LogP contribution in [0.15, 0.2) is 72.8 Å². The van der Waals surface area contributed by atoms with E-state index >= 15 is 0 Å². The summed E-state index contributed by atoms with van der Waals surface area (Å²) in [5, 5.41) is 5.38. The molecule has 0 saturated heterocycles. The van der Waals surface area contributed by atoms with Crippen molar-refractivity contribution in [3.8, 4) is 0 Å².